The van der Waals surface area contributed by atoms with Crippen molar-refractivity contribution in [3.63, 3.8) is 0 Å². The Balaban J connectivity index is 1.79. The van der Waals surface area contributed by atoms with Crippen LogP contribution in [-0.2, 0) is 11.3 Å². The van der Waals surface area contributed by atoms with Crippen LogP contribution in [0.5, 0.6) is 0 Å². The lowest BCUT2D eigenvalue weighted by molar-refractivity contribution is -0.118. The average molecular weight is 250 g/mol. The van der Waals surface area contributed by atoms with E-state index in [1.165, 1.54) is 25.7 Å². The number of primary amides is 1. The molecular weight excluding hydrogens is 228 g/mol. The molecule has 1 aromatic heterocycles. The van der Waals surface area contributed by atoms with Gasteiger partial charge in [0.25, 0.3) is 0 Å². The van der Waals surface area contributed by atoms with Crippen molar-refractivity contribution in [2.45, 2.75) is 39.2 Å². The summed E-state index contributed by atoms with van der Waals surface area (Å²) < 4.78 is 1.56. The van der Waals surface area contributed by atoms with E-state index in [-0.39, 0.29) is 12.5 Å². The Hall–Kier alpha value is -1.52. The van der Waals surface area contributed by atoms with Crippen LogP contribution >= 0.6 is 0 Å². The van der Waals surface area contributed by atoms with Gasteiger partial charge in [0.2, 0.25) is 5.91 Å². The molecule has 18 heavy (non-hydrogen) atoms. The van der Waals surface area contributed by atoms with Gasteiger partial charge in [-0.1, -0.05) is 19.8 Å². The molecule has 0 aliphatic heterocycles. The monoisotopic (exact) mass is 250 g/mol. The summed E-state index contributed by atoms with van der Waals surface area (Å²) in [6.07, 6.45) is 8.91. The Labute approximate surface area is 108 Å². The van der Waals surface area contributed by atoms with Gasteiger partial charge in [0.1, 0.15) is 6.54 Å². The van der Waals surface area contributed by atoms with Crippen LogP contribution in [0.3, 0.4) is 0 Å². The molecule has 1 saturated carbocycles. The molecule has 2 rings (SSSR count). The molecule has 0 spiro atoms. The van der Waals surface area contributed by atoms with Crippen LogP contribution in [0.25, 0.3) is 0 Å². The Kier molecular flexibility index (Phi) is 4.23. The molecule has 1 aromatic rings. The predicted molar refractivity (Wildman–Crippen MR) is 71.0 cm³/mol. The maximum Gasteiger partial charge on any atom is 0.239 e. The van der Waals surface area contributed by atoms with Crippen LogP contribution in [0.4, 0.5) is 5.69 Å². The molecule has 0 saturated heterocycles. The normalized spacial score (nSPS) is 23.8. The van der Waals surface area contributed by atoms with E-state index in [2.05, 4.69) is 17.3 Å². The number of nitrogens with zero attached hydrogens (tertiary/aromatic N) is 2. The molecular formula is C13H22N4O. The van der Waals surface area contributed by atoms with Gasteiger partial charge in [0.05, 0.1) is 11.9 Å². The minimum Gasteiger partial charge on any atom is -0.382 e. The van der Waals surface area contributed by atoms with Crippen LogP contribution < -0.4 is 11.1 Å². The highest BCUT2D eigenvalue weighted by molar-refractivity contribution is 5.73. The van der Waals surface area contributed by atoms with Gasteiger partial charge in [0, 0.05) is 12.7 Å². The average Bonchev–Trinajstić information content (AvgIpc) is 2.73. The lowest BCUT2D eigenvalue weighted by Crippen LogP contribution is -2.21. The van der Waals surface area contributed by atoms with Crippen LogP contribution in [0.15, 0.2) is 12.4 Å². The fourth-order valence-electron chi connectivity index (χ4n) is 2.71. The number of hydrogen-bond acceptors (Lipinski definition) is 3. The minimum absolute atomic E-state index is 0.141. The number of hydrogen-bond donors (Lipinski definition) is 2. The molecule has 1 amide bonds. The molecule has 3 N–H and O–H groups in total. The number of nitrogens with one attached hydrogen (secondary N) is 1. The summed E-state index contributed by atoms with van der Waals surface area (Å²) in [5, 5.41) is 7.48. The van der Waals surface area contributed by atoms with Crippen molar-refractivity contribution in [1.29, 1.82) is 0 Å². The number of anilines is 1. The lowest BCUT2D eigenvalue weighted by atomic mass is 9.82. The van der Waals surface area contributed by atoms with Gasteiger partial charge in [0.15, 0.2) is 0 Å². The van der Waals surface area contributed by atoms with E-state index in [9.17, 15) is 4.79 Å². The van der Waals surface area contributed by atoms with Crippen molar-refractivity contribution in [2.24, 2.45) is 17.6 Å². The summed E-state index contributed by atoms with van der Waals surface area (Å²) in [6.45, 7) is 3.46. The van der Waals surface area contributed by atoms with Crippen LogP contribution in [0.1, 0.15) is 32.6 Å². The maximum atomic E-state index is 10.8. The second-order valence-electron chi connectivity index (χ2n) is 5.41. The van der Waals surface area contributed by atoms with Crippen molar-refractivity contribution < 1.29 is 4.79 Å². The molecule has 2 atom stereocenters. The fourth-order valence-corrected chi connectivity index (χ4v) is 2.71. The van der Waals surface area contributed by atoms with E-state index in [1.54, 1.807) is 10.9 Å². The Morgan fingerprint density at radius 3 is 3.17 bits per heavy atom. The van der Waals surface area contributed by atoms with Gasteiger partial charge in [-0.05, 0) is 24.7 Å². The zero-order chi connectivity index (χ0) is 13.0. The van der Waals surface area contributed by atoms with E-state index in [1.807, 2.05) is 6.20 Å². The summed E-state index contributed by atoms with van der Waals surface area (Å²) in [5.74, 6) is 1.24. The highest BCUT2D eigenvalue weighted by Gasteiger charge is 2.18. The van der Waals surface area contributed by atoms with E-state index in [0.29, 0.717) is 0 Å². The van der Waals surface area contributed by atoms with Gasteiger partial charge in [-0.3, -0.25) is 9.48 Å². The summed E-state index contributed by atoms with van der Waals surface area (Å²) in [6, 6.07) is 0. The first kappa shape index (κ1) is 12.9. The maximum absolute atomic E-state index is 10.8. The number of carbonyl (C=O) groups is 1. The largest absolute Gasteiger partial charge is 0.382 e. The summed E-state index contributed by atoms with van der Waals surface area (Å²) >= 11 is 0. The van der Waals surface area contributed by atoms with Gasteiger partial charge in [-0.2, -0.15) is 5.10 Å². The first-order valence-corrected chi connectivity index (χ1v) is 6.68. The van der Waals surface area contributed by atoms with Crippen LogP contribution in [0, 0.1) is 11.8 Å². The van der Waals surface area contributed by atoms with Gasteiger partial charge in [-0.15, -0.1) is 0 Å². The van der Waals surface area contributed by atoms with Crippen LogP contribution in [-0.4, -0.2) is 22.2 Å². The number of rotatable bonds is 5. The predicted octanol–water partition coefficient (Wildman–Crippen LogP) is 1.61. The van der Waals surface area contributed by atoms with Gasteiger partial charge in [-0.25, -0.2) is 0 Å². The Morgan fingerprint density at radius 1 is 1.61 bits per heavy atom. The molecule has 1 heterocycles. The van der Waals surface area contributed by atoms with E-state index in [0.717, 1.165) is 24.1 Å². The van der Waals surface area contributed by atoms with Gasteiger partial charge < -0.3 is 11.1 Å². The molecule has 1 fully saturated rings. The standard InChI is InChI=1S/C13H22N4O/c1-10-3-2-4-11(5-10)6-15-12-7-16-17(8-12)9-13(14)18/h7-8,10-11,15H,2-6,9H2,1H3,(H2,14,18). The zero-order valence-electron chi connectivity index (χ0n) is 10.9. The number of aromatic nitrogens is 2. The minimum atomic E-state index is -0.370. The first-order chi connectivity index (χ1) is 8.63. The van der Waals surface area contributed by atoms with Crippen molar-refractivity contribution in [2.75, 3.05) is 11.9 Å². The molecule has 1 aliphatic rings. The van der Waals surface area contributed by atoms with Crippen molar-refractivity contribution >= 4 is 11.6 Å². The summed E-state index contributed by atoms with van der Waals surface area (Å²) in [5.41, 5.74) is 6.09. The molecule has 2 unspecified atom stereocenters. The Bertz CT molecular complexity index is 401. The van der Waals surface area contributed by atoms with E-state index < -0.39 is 0 Å². The van der Waals surface area contributed by atoms with Crippen molar-refractivity contribution in [3.8, 4) is 0 Å². The smallest absolute Gasteiger partial charge is 0.239 e. The second kappa shape index (κ2) is 5.89. The third kappa shape index (κ3) is 3.75. The molecule has 0 bridgehead atoms. The van der Waals surface area contributed by atoms with E-state index in [4.69, 9.17) is 5.73 Å². The quantitative estimate of drug-likeness (QED) is 0.833. The number of nitrogens with two attached hydrogens (primary N) is 1. The number of carbonyl (C=O) groups excluding carboxylic acids is 1. The van der Waals surface area contributed by atoms with Crippen molar-refractivity contribution in [1.82, 2.24) is 9.78 Å². The molecule has 5 heteroatoms. The van der Waals surface area contributed by atoms with Gasteiger partial charge >= 0.3 is 0 Å². The van der Waals surface area contributed by atoms with Crippen molar-refractivity contribution in [3.05, 3.63) is 12.4 Å². The number of amides is 1. The first-order valence-electron chi connectivity index (χ1n) is 6.68. The molecule has 1 aliphatic carbocycles. The highest BCUT2D eigenvalue weighted by Crippen LogP contribution is 2.28. The topological polar surface area (TPSA) is 72.9 Å². The van der Waals surface area contributed by atoms with Crippen LogP contribution in [0.2, 0.25) is 0 Å². The second-order valence-corrected chi connectivity index (χ2v) is 5.41. The fraction of sp³-hybridized carbons (Fsp3) is 0.692. The van der Waals surface area contributed by atoms with E-state index >= 15 is 0 Å². The molecule has 0 radical (unpaired) electrons. The third-order valence-corrected chi connectivity index (χ3v) is 3.59. The SMILES string of the molecule is CC1CCCC(CNc2cnn(CC(N)=O)c2)C1. The summed E-state index contributed by atoms with van der Waals surface area (Å²) in [7, 11) is 0. The lowest BCUT2D eigenvalue weighted by Gasteiger charge is -2.26. The summed E-state index contributed by atoms with van der Waals surface area (Å²) in [4.78, 5) is 10.8. The molecule has 5 nitrogen and oxygen atoms in total. The Morgan fingerprint density at radius 2 is 2.44 bits per heavy atom. The third-order valence-electron chi connectivity index (χ3n) is 3.59. The zero-order valence-corrected chi connectivity index (χ0v) is 10.9. The molecule has 100 valence electrons. The molecule has 0 aromatic carbocycles. The highest BCUT2D eigenvalue weighted by atomic mass is 16.1.